The third-order valence-electron chi connectivity index (χ3n) is 5.54. The molecule has 1 aliphatic heterocycles. The minimum absolute atomic E-state index is 0.220. The first kappa shape index (κ1) is 21.7. The maximum atomic E-state index is 13.5. The Balaban J connectivity index is 1.74. The van der Waals surface area contributed by atoms with E-state index in [0.29, 0.717) is 34.0 Å². The average molecular weight is 447 g/mol. The van der Waals surface area contributed by atoms with E-state index in [9.17, 15) is 9.59 Å². The van der Waals surface area contributed by atoms with Crippen LogP contribution >= 0.6 is 11.6 Å². The molecule has 0 spiro atoms. The van der Waals surface area contributed by atoms with E-state index in [4.69, 9.17) is 16.3 Å². The van der Waals surface area contributed by atoms with E-state index in [0.717, 1.165) is 11.1 Å². The zero-order valence-corrected chi connectivity index (χ0v) is 18.6. The van der Waals surface area contributed by atoms with Gasteiger partial charge in [-0.2, -0.15) is 0 Å². The first-order chi connectivity index (χ1) is 15.5. The number of ether oxygens (including phenoxy) is 1. The molecule has 162 valence electrons. The molecule has 3 aromatic carbocycles. The summed E-state index contributed by atoms with van der Waals surface area (Å²) in [4.78, 5) is 28.2. The summed E-state index contributed by atoms with van der Waals surface area (Å²) in [5, 5.41) is 3.76. The quantitative estimate of drug-likeness (QED) is 0.513. The van der Waals surface area contributed by atoms with Gasteiger partial charge in [-0.3, -0.25) is 14.5 Å². The highest BCUT2D eigenvalue weighted by molar-refractivity contribution is 6.37. The lowest BCUT2D eigenvalue weighted by atomic mass is 10.0. The Kier molecular flexibility index (Phi) is 6.28. The van der Waals surface area contributed by atoms with Crippen LogP contribution in [0, 0.1) is 6.92 Å². The van der Waals surface area contributed by atoms with E-state index >= 15 is 0 Å². The summed E-state index contributed by atoms with van der Waals surface area (Å²) in [5.74, 6) is -0.195. The summed E-state index contributed by atoms with van der Waals surface area (Å²) < 4.78 is 5.48. The minimum Gasteiger partial charge on any atom is -0.496 e. The monoisotopic (exact) mass is 446 g/mol. The van der Waals surface area contributed by atoms with Crippen LogP contribution in [-0.4, -0.2) is 30.4 Å². The van der Waals surface area contributed by atoms with E-state index in [-0.39, 0.29) is 24.1 Å². The molecule has 1 heterocycles. The fraction of sp³-hybridized carbons (Fsp3) is 0.154. The van der Waals surface area contributed by atoms with E-state index in [1.807, 2.05) is 55.5 Å². The number of rotatable bonds is 7. The van der Waals surface area contributed by atoms with Gasteiger partial charge in [0, 0.05) is 22.8 Å². The smallest absolute Gasteiger partial charge is 0.278 e. The molecule has 0 aromatic heterocycles. The number of anilines is 1. The molecule has 4 rings (SSSR count). The predicted octanol–water partition coefficient (Wildman–Crippen LogP) is 5.09. The van der Waals surface area contributed by atoms with Crippen LogP contribution in [0.4, 0.5) is 5.69 Å². The van der Waals surface area contributed by atoms with Crippen LogP contribution < -0.4 is 10.1 Å². The van der Waals surface area contributed by atoms with Gasteiger partial charge in [0.05, 0.1) is 12.7 Å². The number of para-hydroxylation sites is 1. The van der Waals surface area contributed by atoms with Gasteiger partial charge in [-0.15, -0.1) is 0 Å². The largest absolute Gasteiger partial charge is 0.496 e. The molecule has 6 heteroatoms. The molecule has 0 unspecified atom stereocenters. The van der Waals surface area contributed by atoms with Crippen LogP contribution in [0.1, 0.15) is 16.7 Å². The van der Waals surface area contributed by atoms with E-state index in [1.165, 1.54) is 4.90 Å². The first-order valence-electron chi connectivity index (χ1n) is 10.3. The fourth-order valence-electron chi connectivity index (χ4n) is 3.76. The van der Waals surface area contributed by atoms with Crippen molar-refractivity contribution in [3.05, 3.63) is 100 Å². The maximum Gasteiger partial charge on any atom is 0.278 e. The van der Waals surface area contributed by atoms with Crippen molar-refractivity contribution in [2.45, 2.75) is 13.3 Å². The second kappa shape index (κ2) is 9.28. The van der Waals surface area contributed by atoms with Gasteiger partial charge in [0.1, 0.15) is 11.4 Å². The van der Waals surface area contributed by atoms with Crippen LogP contribution in [-0.2, 0) is 16.0 Å². The molecule has 2 amide bonds. The third kappa shape index (κ3) is 4.12. The van der Waals surface area contributed by atoms with E-state index in [1.54, 1.807) is 31.4 Å². The van der Waals surface area contributed by atoms with Crippen molar-refractivity contribution < 1.29 is 14.3 Å². The lowest BCUT2D eigenvalue weighted by Crippen LogP contribution is -2.34. The van der Waals surface area contributed by atoms with Crippen molar-refractivity contribution in [1.29, 1.82) is 0 Å². The number of hydrogen-bond donors (Lipinski definition) is 1. The number of carbonyl (C=O) groups excluding carboxylic acids is 2. The Hall–Kier alpha value is -3.57. The highest BCUT2D eigenvalue weighted by Gasteiger charge is 2.40. The Morgan fingerprint density at radius 1 is 0.906 bits per heavy atom. The fourth-order valence-corrected chi connectivity index (χ4v) is 3.93. The van der Waals surface area contributed by atoms with Gasteiger partial charge in [0.15, 0.2) is 0 Å². The summed E-state index contributed by atoms with van der Waals surface area (Å²) in [7, 11) is 1.54. The van der Waals surface area contributed by atoms with Gasteiger partial charge in [0.25, 0.3) is 11.8 Å². The van der Waals surface area contributed by atoms with E-state index < -0.39 is 0 Å². The highest BCUT2D eigenvalue weighted by atomic mass is 35.5. The number of methoxy groups -OCH3 is 1. The lowest BCUT2D eigenvalue weighted by Gasteiger charge is -2.16. The normalized spacial score (nSPS) is 13.7. The second-order valence-corrected chi connectivity index (χ2v) is 7.89. The number of imide groups is 1. The number of carbonyl (C=O) groups is 2. The van der Waals surface area contributed by atoms with Crippen molar-refractivity contribution in [2.24, 2.45) is 0 Å². The molecule has 3 aromatic rings. The summed E-state index contributed by atoms with van der Waals surface area (Å²) in [6, 6.07) is 22.4. The van der Waals surface area contributed by atoms with Crippen LogP contribution in [0.2, 0.25) is 5.02 Å². The van der Waals surface area contributed by atoms with Crippen molar-refractivity contribution in [3.8, 4) is 5.75 Å². The third-order valence-corrected chi connectivity index (χ3v) is 5.95. The number of nitrogens with one attached hydrogen (secondary N) is 1. The lowest BCUT2D eigenvalue weighted by molar-refractivity contribution is -0.136. The summed E-state index contributed by atoms with van der Waals surface area (Å²) in [6.07, 6.45) is 0.570. The number of halogens is 1. The van der Waals surface area contributed by atoms with E-state index in [2.05, 4.69) is 5.32 Å². The molecule has 0 fully saturated rings. The van der Waals surface area contributed by atoms with Gasteiger partial charge in [-0.25, -0.2) is 0 Å². The van der Waals surface area contributed by atoms with Gasteiger partial charge < -0.3 is 10.1 Å². The molecule has 0 radical (unpaired) electrons. The highest BCUT2D eigenvalue weighted by Crippen LogP contribution is 2.36. The van der Waals surface area contributed by atoms with Gasteiger partial charge in [-0.05, 0) is 42.7 Å². The number of nitrogens with zero attached hydrogens (tertiary/aromatic N) is 1. The molecule has 1 aliphatic rings. The van der Waals surface area contributed by atoms with Gasteiger partial charge >= 0.3 is 0 Å². The molecular formula is C26H23ClN2O3. The second-order valence-electron chi connectivity index (χ2n) is 7.49. The van der Waals surface area contributed by atoms with Crippen LogP contribution in [0.3, 0.4) is 0 Å². The molecular weight excluding hydrogens is 424 g/mol. The molecule has 32 heavy (non-hydrogen) atoms. The molecule has 0 saturated heterocycles. The minimum atomic E-state index is -0.369. The topological polar surface area (TPSA) is 58.6 Å². The molecule has 0 saturated carbocycles. The van der Waals surface area contributed by atoms with Crippen molar-refractivity contribution in [2.75, 3.05) is 19.0 Å². The molecule has 0 aliphatic carbocycles. The average Bonchev–Trinajstić information content (AvgIpc) is 3.04. The summed E-state index contributed by atoms with van der Waals surface area (Å²) in [6.45, 7) is 2.14. The van der Waals surface area contributed by atoms with Crippen molar-refractivity contribution in [1.82, 2.24) is 4.90 Å². The zero-order valence-electron chi connectivity index (χ0n) is 17.9. The molecule has 1 N–H and O–H groups in total. The molecule has 0 atom stereocenters. The van der Waals surface area contributed by atoms with Crippen LogP contribution in [0.15, 0.2) is 78.5 Å². The Morgan fingerprint density at radius 3 is 2.38 bits per heavy atom. The van der Waals surface area contributed by atoms with Crippen molar-refractivity contribution in [3.63, 3.8) is 0 Å². The van der Waals surface area contributed by atoms with Gasteiger partial charge in [-0.1, -0.05) is 66.2 Å². The summed E-state index contributed by atoms with van der Waals surface area (Å²) in [5.41, 5.74) is 3.60. The standard InChI is InChI=1S/C26H23ClN2O3/c1-17-20(27)12-8-13-21(17)28-24-23(19-11-6-7-14-22(19)32-2)25(30)29(26(24)31)16-15-18-9-4-3-5-10-18/h3-14,28H,15-16H2,1-2H3. The SMILES string of the molecule is COc1ccccc1C1=C(Nc2cccc(Cl)c2C)C(=O)N(CCc2ccccc2)C1=O. The first-order valence-corrected chi connectivity index (χ1v) is 10.7. The van der Waals surface area contributed by atoms with Crippen molar-refractivity contribution >= 4 is 34.7 Å². The van der Waals surface area contributed by atoms with Crippen LogP contribution in [0.25, 0.3) is 5.57 Å². The molecule has 5 nitrogen and oxygen atoms in total. The van der Waals surface area contributed by atoms with Gasteiger partial charge in [0.2, 0.25) is 0 Å². The number of hydrogen-bond acceptors (Lipinski definition) is 4. The maximum absolute atomic E-state index is 13.5. The van der Waals surface area contributed by atoms with Crippen LogP contribution in [0.5, 0.6) is 5.75 Å². The predicted molar refractivity (Wildman–Crippen MR) is 127 cm³/mol. The Bertz CT molecular complexity index is 1200. The Morgan fingerprint density at radius 2 is 1.62 bits per heavy atom. The molecule has 0 bridgehead atoms. The zero-order chi connectivity index (χ0) is 22.7. The number of benzene rings is 3. The Labute approximate surface area is 192 Å². The number of amides is 2. The summed E-state index contributed by atoms with van der Waals surface area (Å²) >= 11 is 6.27.